The summed E-state index contributed by atoms with van der Waals surface area (Å²) in [6.07, 6.45) is 0. The third-order valence-electron chi connectivity index (χ3n) is 3.67. The topological polar surface area (TPSA) is 78.4 Å². The summed E-state index contributed by atoms with van der Waals surface area (Å²) < 4.78 is 10.3. The monoisotopic (exact) mass is 370 g/mol. The van der Waals surface area contributed by atoms with Crippen LogP contribution in [0.2, 0.25) is 0 Å². The van der Waals surface area contributed by atoms with Crippen LogP contribution in [0.5, 0.6) is 0 Å². The number of hydrogen-bond acceptors (Lipinski definition) is 7. The Bertz CT molecular complexity index is 981. The molecule has 0 spiro atoms. The Morgan fingerprint density at radius 2 is 1.88 bits per heavy atom. The number of esters is 2. The number of benzene rings is 1. The second-order valence-corrected chi connectivity index (χ2v) is 6.63. The fraction of sp³-hybridized carbons (Fsp3) is 0.263. The van der Waals surface area contributed by atoms with Crippen LogP contribution in [0, 0.1) is 13.8 Å². The summed E-state index contributed by atoms with van der Waals surface area (Å²) >= 11 is 1.17. The molecule has 7 heteroatoms. The maximum Gasteiger partial charge on any atom is 0.367 e. The Labute approximate surface area is 154 Å². The normalized spacial score (nSPS) is 10.7. The molecule has 0 aliphatic heterocycles. The van der Waals surface area contributed by atoms with Gasteiger partial charge in [0.2, 0.25) is 5.01 Å². The maximum absolute atomic E-state index is 12.6. The van der Waals surface area contributed by atoms with Crippen molar-refractivity contribution in [1.29, 1.82) is 0 Å². The van der Waals surface area contributed by atoms with E-state index in [0.717, 1.165) is 22.2 Å². The van der Waals surface area contributed by atoms with Gasteiger partial charge in [-0.15, -0.1) is 11.3 Å². The van der Waals surface area contributed by atoms with Gasteiger partial charge in [-0.2, -0.15) is 0 Å². The van der Waals surface area contributed by atoms with Gasteiger partial charge in [-0.25, -0.2) is 14.6 Å². The average Bonchev–Trinajstić information content (AvgIpc) is 3.09. The van der Waals surface area contributed by atoms with Gasteiger partial charge < -0.3 is 9.47 Å². The fourth-order valence-electron chi connectivity index (χ4n) is 2.52. The van der Waals surface area contributed by atoms with Crippen molar-refractivity contribution < 1.29 is 19.1 Å². The van der Waals surface area contributed by atoms with E-state index in [1.54, 1.807) is 18.4 Å². The molecule has 0 N–H and O–H groups in total. The van der Waals surface area contributed by atoms with E-state index in [0.29, 0.717) is 11.3 Å². The first kappa shape index (κ1) is 18.0. The molecule has 26 heavy (non-hydrogen) atoms. The number of rotatable bonds is 5. The van der Waals surface area contributed by atoms with Crippen molar-refractivity contribution in [2.24, 2.45) is 0 Å². The predicted molar refractivity (Wildman–Crippen MR) is 98.4 cm³/mol. The summed E-state index contributed by atoms with van der Waals surface area (Å²) in [4.78, 5) is 32.8. The summed E-state index contributed by atoms with van der Waals surface area (Å²) in [6.45, 7) is 5.81. The van der Waals surface area contributed by atoms with Crippen LogP contribution in [0.15, 0.2) is 29.6 Å². The van der Waals surface area contributed by atoms with E-state index in [1.165, 1.54) is 11.3 Å². The third-order valence-corrected chi connectivity index (χ3v) is 4.54. The molecule has 3 rings (SSSR count). The first-order valence-corrected chi connectivity index (χ1v) is 9.02. The Kier molecular flexibility index (Phi) is 5.27. The molecule has 0 bridgehead atoms. The van der Waals surface area contributed by atoms with E-state index in [1.807, 2.05) is 32.0 Å². The SMILES string of the molecule is CCOC(=O)c1nc(COC(=O)c2cc(C)nc3ccc(C)cc23)cs1. The number of thiazole rings is 1. The molecule has 0 aliphatic rings. The van der Waals surface area contributed by atoms with Gasteiger partial charge in [0.15, 0.2) is 0 Å². The number of carbonyl (C=O) groups excluding carboxylic acids is 2. The Hall–Kier alpha value is -2.80. The van der Waals surface area contributed by atoms with Crippen molar-refractivity contribution in [1.82, 2.24) is 9.97 Å². The highest BCUT2D eigenvalue weighted by atomic mass is 32.1. The van der Waals surface area contributed by atoms with E-state index < -0.39 is 11.9 Å². The van der Waals surface area contributed by atoms with Crippen molar-refractivity contribution in [3.63, 3.8) is 0 Å². The lowest BCUT2D eigenvalue weighted by atomic mass is 10.1. The molecule has 0 saturated carbocycles. The van der Waals surface area contributed by atoms with Crippen molar-refractivity contribution >= 4 is 34.2 Å². The summed E-state index contributed by atoms with van der Waals surface area (Å²) in [6, 6.07) is 7.48. The Balaban J connectivity index is 1.78. The standard InChI is InChI=1S/C19H18N2O4S/c1-4-24-19(23)17-21-13(10-26-17)9-25-18(22)15-8-12(3)20-16-6-5-11(2)7-14(15)16/h5-8,10H,4,9H2,1-3H3. The molecule has 3 aromatic rings. The summed E-state index contributed by atoms with van der Waals surface area (Å²) in [5.41, 5.74) is 3.51. The number of pyridine rings is 1. The zero-order chi connectivity index (χ0) is 18.7. The maximum atomic E-state index is 12.6. The second kappa shape index (κ2) is 7.61. The van der Waals surface area contributed by atoms with Crippen LogP contribution in [-0.2, 0) is 16.1 Å². The van der Waals surface area contributed by atoms with Crippen LogP contribution in [-0.4, -0.2) is 28.5 Å². The number of carbonyl (C=O) groups is 2. The lowest BCUT2D eigenvalue weighted by Crippen LogP contribution is -2.08. The van der Waals surface area contributed by atoms with E-state index in [-0.39, 0.29) is 18.2 Å². The molecule has 6 nitrogen and oxygen atoms in total. The van der Waals surface area contributed by atoms with E-state index in [2.05, 4.69) is 9.97 Å². The van der Waals surface area contributed by atoms with Gasteiger partial charge in [-0.3, -0.25) is 4.98 Å². The number of aromatic nitrogens is 2. The van der Waals surface area contributed by atoms with Gasteiger partial charge in [0.05, 0.1) is 23.4 Å². The van der Waals surface area contributed by atoms with Gasteiger partial charge in [-0.05, 0) is 39.0 Å². The van der Waals surface area contributed by atoms with Crippen LogP contribution >= 0.6 is 11.3 Å². The molecule has 0 radical (unpaired) electrons. The predicted octanol–water partition coefficient (Wildman–Crippen LogP) is 3.84. The molecule has 0 amide bonds. The smallest absolute Gasteiger partial charge is 0.367 e. The summed E-state index contributed by atoms with van der Waals surface area (Å²) in [5, 5.41) is 2.68. The van der Waals surface area contributed by atoms with Gasteiger partial charge in [0, 0.05) is 16.5 Å². The third kappa shape index (κ3) is 3.88. The Morgan fingerprint density at radius 3 is 2.65 bits per heavy atom. The van der Waals surface area contributed by atoms with Gasteiger partial charge in [-0.1, -0.05) is 11.6 Å². The molecular formula is C19H18N2O4S. The van der Waals surface area contributed by atoms with Crippen LogP contribution in [0.25, 0.3) is 10.9 Å². The average molecular weight is 370 g/mol. The molecule has 0 atom stereocenters. The molecule has 1 aromatic carbocycles. The number of ether oxygens (including phenoxy) is 2. The van der Waals surface area contributed by atoms with Crippen molar-refractivity contribution in [2.75, 3.05) is 6.61 Å². The van der Waals surface area contributed by atoms with Crippen LogP contribution in [0.4, 0.5) is 0 Å². The molecule has 134 valence electrons. The largest absolute Gasteiger partial charge is 0.461 e. The van der Waals surface area contributed by atoms with Crippen molar-refractivity contribution in [3.05, 3.63) is 57.2 Å². The number of hydrogen-bond donors (Lipinski definition) is 0. The molecule has 2 heterocycles. The lowest BCUT2D eigenvalue weighted by Gasteiger charge is -2.08. The lowest BCUT2D eigenvalue weighted by molar-refractivity contribution is 0.0470. The zero-order valence-electron chi connectivity index (χ0n) is 14.7. The van der Waals surface area contributed by atoms with E-state index in [9.17, 15) is 9.59 Å². The van der Waals surface area contributed by atoms with E-state index in [4.69, 9.17) is 9.47 Å². The first-order valence-electron chi connectivity index (χ1n) is 8.14. The molecule has 0 aliphatic carbocycles. The van der Waals surface area contributed by atoms with Gasteiger partial charge in [0.1, 0.15) is 6.61 Å². The highest BCUT2D eigenvalue weighted by Crippen LogP contribution is 2.21. The highest BCUT2D eigenvalue weighted by molar-refractivity contribution is 7.11. The summed E-state index contributed by atoms with van der Waals surface area (Å²) in [5.74, 6) is -0.918. The molecular weight excluding hydrogens is 352 g/mol. The zero-order valence-corrected chi connectivity index (χ0v) is 15.6. The quantitative estimate of drug-likeness (QED) is 0.635. The number of nitrogens with zero attached hydrogens (tertiary/aromatic N) is 2. The first-order chi connectivity index (χ1) is 12.5. The Morgan fingerprint density at radius 1 is 1.08 bits per heavy atom. The molecule has 0 unspecified atom stereocenters. The summed E-state index contributed by atoms with van der Waals surface area (Å²) in [7, 11) is 0. The molecule has 0 fully saturated rings. The van der Waals surface area contributed by atoms with Crippen LogP contribution in [0.1, 0.15) is 44.0 Å². The van der Waals surface area contributed by atoms with Gasteiger partial charge >= 0.3 is 11.9 Å². The highest BCUT2D eigenvalue weighted by Gasteiger charge is 2.16. The second-order valence-electron chi connectivity index (χ2n) is 5.77. The van der Waals surface area contributed by atoms with E-state index >= 15 is 0 Å². The number of fused-ring (bicyclic) bond motifs is 1. The van der Waals surface area contributed by atoms with Gasteiger partial charge in [0.25, 0.3) is 0 Å². The van der Waals surface area contributed by atoms with Crippen LogP contribution < -0.4 is 0 Å². The minimum Gasteiger partial charge on any atom is -0.461 e. The van der Waals surface area contributed by atoms with Crippen LogP contribution in [0.3, 0.4) is 0 Å². The fourth-order valence-corrected chi connectivity index (χ4v) is 3.21. The minimum absolute atomic E-state index is 0.0105. The molecule has 2 aromatic heterocycles. The van der Waals surface area contributed by atoms with Crippen molar-refractivity contribution in [2.45, 2.75) is 27.4 Å². The number of aryl methyl sites for hydroxylation is 2. The molecule has 0 saturated heterocycles. The van der Waals surface area contributed by atoms with Crippen molar-refractivity contribution in [3.8, 4) is 0 Å². The minimum atomic E-state index is -0.471.